The third kappa shape index (κ3) is 2.27. The van der Waals surface area contributed by atoms with E-state index in [0.717, 1.165) is 25.2 Å². The van der Waals surface area contributed by atoms with Crippen molar-refractivity contribution < 1.29 is 9.90 Å². The minimum absolute atomic E-state index is 0.223. The first-order valence-electron chi connectivity index (χ1n) is 6.93. The Morgan fingerprint density at radius 3 is 3.00 bits per heavy atom. The van der Waals surface area contributed by atoms with Crippen molar-refractivity contribution in [2.45, 2.75) is 31.7 Å². The van der Waals surface area contributed by atoms with Gasteiger partial charge < -0.3 is 10.0 Å². The van der Waals surface area contributed by atoms with Gasteiger partial charge in [0.2, 0.25) is 0 Å². The van der Waals surface area contributed by atoms with Crippen LogP contribution < -0.4 is 0 Å². The third-order valence-corrected chi connectivity index (χ3v) is 4.05. The standard InChI is InChI=1S/C14H18N4O2/c1-17-8-3-2-5-10(17)9-13-16-15-12-7-4-6-11(14(19)20)18(12)13/h4,6-7,10H,2-3,5,8-9H2,1H3,(H,19,20). The number of fused-ring (bicyclic) bond motifs is 1. The maximum atomic E-state index is 11.3. The molecule has 106 valence electrons. The fourth-order valence-corrected chi connectivity index (χ4v) is 2.91. The number of hydrogen-bond donors (Lipinski definition) is 1. The van der Waals surface area contributed by atoms with Gasteiger partial charge in [0.25, 0.3) is 0 Å². The van der Waals surface area contributed by atoms with Crippen LogP contribution in [0.25, 0.3) is 5.65 Å². The lowest BCUT2D eigenvalue weighted by Crippen LogP contribution is -2.38. The fourth-order valence-electron chi connectivity index (χ4n) is 2.91. The van der Waals surface area contributed by atoms with Crippen LogP contribution in [0.1, 0.15) is 35.6 Å². The van der Waals surface area contributed by atoms with Gasteiger partial charge in [-0.15, -0.1) is 10.2 Å². The first kappa shape index (κ1) is 13.1. The molecule has 0 aliphatic carbocycles. The molecule has 0 saturated carbocycles. The number of aromatic nitrogens is 3. The van der Waals surface area contributed by atoms with E-state index >= 15 is 0 Å². The molecule has 0 amide bonds. The van der Waals surface area contributed by atoms with Gasteiger partial charge in [-0.3, -0.25) is 4.40 Å². The predicted octanol–water partition coefficient (Wildman–Crippen LogP) is 1.45. The average Bonchev–Trinajstić information content (AvgIpc) is 2.84. The molecule has 3 heterocycles. The SMILES string of the molecule is CN1CCCCC1Cc1nnc2cccc(C(=O)O)n12. The van der Waals surface area contributed by atoms with Gasteiger partial charge in [-0.1, -0.05) is 12.5 Å². The van der Waals surface area contributed by atoms with Crippen molar-refractivity contribution >= 4 is 11.6 Å². The molecule has 1 aliphatic rings. The quantitative estimate of drug-likeness (QED) is 0.917. The number of piperidine rings is 1. The monoisotopic (exact) mass is 274 g/mol. The van der Waals surface area contributed by atoms with Gasteiger partial charge in [-0.05, 0) is 38.6 Å². The number of likely N-dealkylation sites (N-methyl/N-ethyl adjacent to an activating group) is 1. The summed E-state index contributed by atoms with van der Waals surface area (Å²) in [6.07, 6.45) is 4.31. The van der Waals surface area contributed by atoms with Crippen LogP contribution in [0.2, 0.25) is 0 Å². The largest absolute Gasteiger partial charge is 0.477 e. The van der Waals surface area contributed by atoms with Gasteiger partial charge in [0, 0.05) is 12.5 Å². The van der Waals surface area contributed by atoms with Crippen molar-refractivity contribution in [3.8, 4) is 0 Å². The number of carboxylic acids is 1. The molecular weight excluding hydrogens is 256 g/mol. The van der Waals surface area contributed by atoms with E-state index in [0.29, 0.717) is 11.7 Å². The van der Waals surface area contributed by atoms with Crippen LogP contribution in [0, 0.1) is 0 Å². The predicted molar refractivity (Wildman–Crippen MR) is 73.9 cm³/mol. The number of aromatic carboxylic acids is 1. The van der Waals surface area contributed by atoms with Crippen molar-refractivity contribution in [2.24, 2.45) is 0 Å². The molecule has 2 aromatic heterocycles. The molecule has 0 aromatic carbocycles. The van der Waals surface area contributed by atoms with E-state index < -0.39 is 5.97 Å². The second-order valence-electron chi connectivity index (χ2n) is 5.36. The lowest BCUT2D eigenvalue weighted by Gasteiger charge is -2.31. The molecule has 0 radical (unpaired) electrons. The molecule has 20 heavy (non-hydrogen) atoms. The summed E-state index contributed by atoms with van der Waals surface area (Å²) in [6, 6.07) is 5.49. The van der Waals surface area contributed by atoms with E-state index in [1.165, 1.54) is 12.8 Å². The van der Waals surface area contributed by atoms with E-state index in [1.54, 1.807) is 22.6 Å². The molecule has 3 rings (SSSR count). The highest BCUT2D eigenvalue weighted by Crippen LogP contribution is 2.19. The summed E-state index contributed by atoms with van der Waals surface area (Å²) in [4.78, 5) is 13.7. The molecule has 1 fully saturated rings. The van der Waals surface area contributed by atoms with Crippen molar-refractivity contribution in [1.82, 2.24) is 19.5 Å². The van der Waals surface area contributed by atoms with Gasteiger partial charge >= 0.3 is 5.97 Å². The maximum Gasteiger partial charge on any atom is 0.352 e. The highest BCUT2D eigenvalue weighted by Gasteiger charge is 2.22. The van der Waals surface area contributed by atoms with E-state index in [9.17, 15) is 9.90 Å². The smallest absolute Gasteiger partial charge is 0.352 e. The molecule has 1 N–H and O–H groups in total. The Balaban J connectivity index is 1.97. The second-order valence-corrected chi connectivity index (χ2v) is 5.36. The molecule has 1 unspecified atom stereocenters. The van der Waals surface area contributed by atoms with Crippen LogP contribution in [0.15, 0.2) is 18.2 Å². The van der Waals surface area contributed by atoms with Gasteiger partial charge in [0.1, 0.15) is 11.5 Å². The zero-order valence-corrected chi connectivity index (χ0v) is 11.5. The number of hydrogen-bond acceptors (Lipinski definition) is 4. The van der Waals surface area contributed by atoms with E-state index in [2.05, 4.69) is 22.1 Å². The molecule has 2 aromatic rings. The van der Waals surface area contributed by atoms with E-state index in [-0.39, 0.29) is 5.69 Å². The summed E-state index contributed by atoms with van der Waals surface area (Å²) in [5.41, 5.74) is 0.819. The molecular formula is C14H18N4O2. The van der Waals surface area contributed by atoms with Gasteiger partial charge in [0.05, 0.1) is 0 Å². The summed E-state index contributed by atoms with van der Waals surface area (Å²) in [5.74, 6) is -0.217. The molecule has 0 spiro atoms. The number of rotatable bonds is 3. The van der Waals surface area contributed by atoms with Crippen LogP contribution in [-0.4, -0.2) is 50.2 Å². The Labute approximate surface area is 117 Å². The van der Waals surface area contributed by atoms with Crippen molar-refractivity contribution in [2.75, 3.05) is 13.6 Å². The highest BCUT2D eigenvalue weighted by molar-refractivity contribution is 5.86. The van der Waals surface area contributed by atoms with Crippen LogP contribution in [-0.2, 0) is 6.42 Å². The lowest BCUT2D eigenvalue weighted by molar-refractivity contribution is 0.0688. The average molecular weight is 274 g/mol. The minimum Gasteiger partial charge on any atom is -0.477 e. The molecule has 6 heteroatoms. The highest BCUT2D eigenvalue weighted by atomic mass is 16.4. The van der Waals surface area contributed by atoms with Gasteiger partial charge in [-0.25, -0.2) is 4.79 Å². The minimum atomic E-state index is -0.950. The van der Waals surface area contributed by atoms with E-state index in [1.807, 2.05) is 0 Å². The number of nitrogens with zero attached hydrogens (tertiary/aromatic N) is 4. The molecule has 1 atom stereocenters. The molecule has 0 bridgehead atoms. The Hall–Kier alpha value is -1.95. The Bertz CT molecular complexity index is 637. The van der Waals surface area contributed by atoms with Gasteiger partial charge in [0.15, 0.2) is 5.65 Å². The van der Waals surface area contributed by atoms with Crippen molar-refractivity contribution in [1.29, 1.82) is 0 Å². The Morgan fingerprint density at radius 2 is 2.25 bits per heavy atom. The molecule has 1 aliphatic heterocycles. The van der Waals surface area contributed by atoms with E-state index in [4.69, 9.17) is 0 Å². The van der Waals surface area contributed by atoms with Crippen LogP contribution in [0.4, 0.5) is 0 Å². The normalized spacial score (nSPS) is 20.4. The first-order valence-corrected chi connectivity index (χ1v) is 6.93. The Morgan fingerprint density at radius 1 is 1.40 bits per heavy atom. The summed E-state index contributed by atoms with van der Waals surface area (Å²) in [6.45, 7) is 1.09. The molecule has 1 saturated heterocycles. The Kier molecular flexibility index (Phi) is 3.40. The van der Waals surface area contributed by atoms with Gasteiger partial charge in [-0.2, -0.15) is 0 Å². The lowest BCUT2D eigenvalue weighted by atomic mass is 10.00. The fraction of sp³-hybridized carbons (Fsp3) is 0.500. The van der Waals surface area contributed by atoms with Crippen molar-refractivity contribution in [3.63, 3.8) is 0 Å². The second kappa shape index (κ2) is 5.20. The zero-order chi connectivity index (χ0) is 14.1. The number of carboxylic acid groups (broad SMARTS) is 1. The zero-order valence-electron chi connectivity index (χ0n) is 11.5. The summed E-state index contributed by atoms with van der Waals surface area (Å²) >= 11 is 0. The van der Waals surface area contributed by atoms with Crippen molar-refractivity contribution in [3.05, 3.63) is 29.7 Å². The maximum absolute atomic E-state index is 11.3. The summed E-state index contributed by atoms with van der Waals surface area (Å²) in [5, 5.41) is 17.6. The third-order valence-electron chi connectivity index (χ3n) is 4.05. The summed E-state index contributed by atoms with van der Waals surface area (Å²) in [7, 11) is 2.12. The summed E-state index contributed by atoms with van der Waals surface area (Å²) < 4.78 is 1.66. The number of pyridine rings is 1. The molecule has 6 nitrogen and oxygen atoms in total. The number of likely N-dealkylation sites (tertiary alicyclic amines) is 1. The first-order chi connectivity index (χ1) is 9.66. The van der Waals surface area contributed by atoms with Crippen LogP contribution >= 0.6 is 0 Å². The topological polar surface area (TPSA) is 70.7 Å². The van der Waals surface area contributed by atoms with Crippen LogP contribution in [0.3, 0.4) is 0 Å². The van der Waals surface area contributed by atoms with Crippen LogP contribution in [0.5, 0.6) is 0 Å². The number of carbonyl (C=O) groups is 1.